The summed E-state index contributed by atoms with van der Waals surface area (Å²) in [5.74, 6) is 1.02. The molecule has 0 aliphatic heterocycles. The van der Waals surface area contributed by atoms with Crippen LogP contribution in [0.15, 0.2) is 0 Å². The second-order valence-corrected chi connectivity index (χ2v) is 6.58. The molecule has 1 spiro atoms. The molecule has 0 aromatic carbocycles. The van der Waals surface area contributed by atoms with E-state index in [0.717, 1.165) is 11.3 Å². The Morgan fingerprint density at radius 3 is 2.54 bits per heavy atom. The van der Waals surface area contributed by atoms with Crippen molar-refractivity contribution in [1.82, 2.24) is 0 Å². The van der Waals surface area contributed by atoms with Crippen LogP contribution in [0.4, 0.5) is 0 Å². The summed E-state index contributed by atoms with van der Waals surface area (Å²) in [7, 11) is 0. The van der Waals surface area contributed by atoms with Crippen molar-refractivity contribution in [2.45, 2.75) is 52.4 Å². The van der Waals surface area contributed by atoms with Crippen molar-refractivity contribution in [3.63, 3.8) is 0 Å². The molecule has 0 amide bonds. The maximum atomic E-state index is 3.64. The summed E-state index contributed by atoms with van der Waals surface area (Å²) in [6.07, 6.45) is 8.88. The average molecular weight is 245 g/mol. The summed E-state index contributed by atoms with van der Waals surface area (Å²) >= 11 is 3.64. The summed E-state index contributed by atoms with van der Waals surface area (Å²) in [5, 5.41) is 1.24. The number of halogens is 1. The standard InChI is InChI=1S/C12H21Br/c1-11(2)4-3-5-12(7-6-11)8-10(12)9-13/h10H,3-9H2,1-2H3. The Bertz CT molecular complexity index is 197. The summed E-state index contributed by atoms with van der Waals surface area (Å²) in [6.45, 7) is 4.88. The van der Waals surface area contributed by atoms with Gasteiger partial charge in [-0.15, -0.1) is 0 Å². The van der Waals surface area contributed by atoms with Crippen LogP contribution in [0.5, 0.6) is 0 Å². The lowest BCUT2D eigenvalue weighted by Gasteiger charge is -2.22. The second kappa shape index (κ2) is 3.25. The molecule has 2 rings (SSSR count). The van der Waals surface area contributed by atoms with Gasteiger partial charge in [0.2, 0.25) is 0 Å². The lowest BCUT2D eigenvalue weighted by molar-refractivity contribution is 0.302. The molecule has 2 aliphatic carbocycles. The van der Waals surface area contributed by atoms with Gasteiger partial charge in [-0.05, 0) is 48.9 Å². The highest BCUT2D eigenvalue weighted by atomic mass is 79.9. The molecule has 2 fully saturated rings. The fraction of sp³-hybridized carbons (Fsp3) is 1.00. The van der Waals surface area contributed by atoms with Gasteiger partial charge >= 0.3 is 0 Å². The van der Waals surface area contributed by atoms with E-state index in [1.54, 1.807) is 0 Å². The molecule has 2 unspecified atom stereocenters. The third-order valence-corrected chi connectivity index (χ3v) is 5.15. The van der Waals surface area contributed by atoms with Crippen molar-refractivity contribution in [3.05, 3.63) is 0 Å². The van der Waals surface area contributed by atoms with Crippen LogP contribution in [0.1, 0.15) is 52.4 Å². The fourth-order valence-corrected chi connectivity index (χ4v) is 3.93. The largest absolute Gasteiger partial charge is 0.0925 e. The van der Waals surface area contributed by atoms with Crippen LogP contribution in [0, 0.1) is 16.7 Å². The maximum absolute atomic E-state index is 3.64. The molecular weight excluding hydrogens is 224 g/mol. The van der Waals surface area contributed by atoms with Crippen LogP contribution in [0.3, 0.4) is 0 Å². The van der Waals surface area contributed by atoms with Gasteiger partial charge in [0.05, 0.1) is 0 Å². The van der Waals surface area contributed by atoms with E-state index >= 15 is 0 Å². The van der Waals surface area contributed by atoms with Gasteiger partial charge < -0.3 is 0 Å². The highest BCUT2D eigenvalue weighted by molar-refractivity contribution is 9.09. The Morgan fingerprint density at radius 2 is 1.92 bits per heavy atom. The van der Waals surface area contributed by atoms with Crippen LogP contribution >= 0.6 is 15.9 Å². The van der Waals surface area contributed by atoms with Gasteiger partial charge in [-0.1, -0.05) is 36.2 Å². The zero-order chi connectivity index (χ0) is 9.53. The molecule has 0 aromatic heterocycles. The molecule has 0 aromatic rings. The predicted octanol–water partition coefficient (Wildman–Crippen LogP) is 4.38. The fourth-order valence-electron chi connectivity index (χ4n) is 3.02. The van der Waals surface area contributed by atoms with E-state index in [-0.39, 0.29) is 0 Å². The third-order valence-electron chi connectivity index (χ3n) is 4.37. The number of rotatable bonds is 1. The molecule has 0 nitrogen and oxygen atoms in total. The molecule has 2 atom stereocenters. The Kier molecular flexibility index (Phi) is 2.51. The number of hydrogen-bond acceptors (Lipinski definition) is 0. The van der Waals surface area contributed by atoms with E-state index in [4.69, 9.17) is 0 Å². The van der Waals surface area contributed by atoms with Crippen LogP contribution in [-0.4, -0.2) is 5.33 Å². The van der Waals surface area contributed by atoms with E-state index in [9.17, 15) is 0 Å². The zero-order valence-corrected chi connectivity index (χ0v) is 10.5. The van der Waals surface area contributed by atoms with Gasteiger partial charge in [-0.25, -0.2) is 0 Å². The molecule has 0 N–H and O–H groups in total. The van der Waals surface area contributed by atoms with Crippen molar-refractivity contribution in [1.29, 1.82) is 0 Å². The average Bonchev–Trinajstić information content (AvgIpc) is 2.78. The van der Waals surface area contributed by atoms with Gasteiger partial charge in [0.15, 0.2) is 0 Å². The molecule has 13 heavy (non-hydrogen) atoms. The molecule has 2 aliphatic rings. The van der Waals surface area contributed by atoms with Crippen molar-refractivity contribution >= 4 is 15.9 Å². The molecule has 76 valence electrons. The van der Waals surface area contributed by atoms with E-state index in [2.05, 4.69) is 29.8 Å². The first kappa shape index (κ1) is 10.0. The second-order valence-electron chi connectivity index (χ2n) is 5.94. The normalized spacial score (nSPS) is 43.2. The first-order valence-electron chi connectivity index (χ1n) is 5.64. The summed E-state index contributed by atoms with van der Waals surface area (Å²) in [6, 6.07) is 0. The molecule has 1 heteroatoms. The van der Waals surface area contributed by atoms with Gasteiger partial charge in [0.1, 0.15) is 0 Å². The minimum Gasteiger partial charge on any atom is -0.0925 e. The van der Waals surface area contributed by atoms with Crippen molar-refractivity contribution in [2.24, 2.45) is 16.7 Å². The predicted molar refractivity (Wildman–Crippen MR) is 61.2 cm³/mol. The van der Waals surface area contributed by atoms with Gasteiger partial charge in [0, 0.05) is 5.33 Å². The highest BCUT2D eigenvalue weighted by Crippen LogP contribution is 2.62. The van der Waals surface area contributed by atoms with Gasteiger partial charge in [-0.3, -0.25) is 0 Å². The first-order chi connectivity index (χ1) is 6.08. The SMILES string of the molecule is CC1(C)CCCC2(CC1)CC2CBr. The third kappa shape index (κ3) is 1.95. The van der Waals surface area contributed by atoms with Crippen molar-refractivity contribution in [2.75, 3.05) is 5.33 Å². The van der Waals surface area contributed by atoms with E-state index in [1.807, 2.05) is 0 Å². The quantitative estimate of drug-likeness (QED) is 0.601. The Morgan fingerprint density at radius 1 is 1.15 bits per heavy atom. The van der Waals surface area contributed by atoms with Gasteiger partial charge in [0.25, 0.3) is 0 Å². The van der Waals surface area contributed by atoms with E-state index < -0.39 is 0 Å². The Labute approximate surface area is 90.6 Å². The smallest absolute Gasteiger partial charge is 0.00651 e. The molecule has 0 saturated heterocycles. The molecular formula is C12H21Br. The van der Waals surface area contributed by atoms with E-state index in [0.29, 0.717) is 5.41 Å². The molecule has 2 saturated carbocycles. The Balaban J connectivity index is 1.96. The van der Waals surface area contributed by atoms with Crippen molar-refractivity contribution in [3.8, 4) is 0 Å². The zero-order valence-electron chi connectivity index (χ0n) is 8.91. The Hall–Kier alpha value is 0.480. The van der Waals surface area contributed by atoms with Gasteiger partial charge in [-0.2, -0.15) is 0 Å². The summed E-state index contributed by atoms with van der Waals surface area (Å²) in [5.41, 5.74) is 1.42. The van der Waals surface area contributed by atoms with Crippen molar-refractivity contribution < 1.29 is 0 Å². The first-order valence-corrected chi connectivity index (χ1v) is 6.76. The topological polar surface area (TPSA) is 0 Å². The minimum absolute atomic E-state index is 0.628. The number of hydrogen-bond donors (Lipinski definition) is 0. The van der Waals surface area contributed by atoms with Crippen LogP contribution < -0.4 is 0 Å². The lowest BCUT2D eigenvalue weighted by atomic mass is 9.84. The monoisotopic (exact) mass is 244 g/mol. The number of alkyl halides is 1. The van der Waals surface area contributed by atoms with E-state index in [1.165, 1.54) is 43.9 Å². The van der Waals surface area contributed by atoms with Crippen LogP contribution in [0.2, 0.25) is 0 Å². The minimum atomic E-state index is 0.628. The summed E-state index contributed by atoms with van der Waals surface area (Å²) in [4.78, 5) is 0. The van der Waals surface area contributed by atoms with Crippen LogP contribution in [0.25, 0.3) is 0 Å². The highest BCUT2D eigenvalue weighted by Gasteiger charge is 2.53. The maximum Gasteiger partial charge on any atom is 0.00651 e. The molecule has 0 heterocycles. The molecule has 0 radical (unpaired) electrons. The van der Waals surface area contributed by atoms with Crippen LogP contribution in [-0.2, 0) is 0 Å². The lowest BCUT2D eigenvalue weighted by Crippen LogP contribution is -2.10. The summed E-state index contributed by atoms with van der Waals surface area (Å²) < 4.78 is 0. The molecule has 0 bridgehead atoms.